The van der Waals surface area contributed by atoms with Gasteiger partial charge in [-0.3, -0.25) is 9.59 Å². The standard InChI is InChI=1S/C22H28O6/c1-9-15(25-7)18(23)20-13(5)11(3)17-12(4)14(6)21(28-22(17)27-20)19(24)16(10-2)26-8/h9-10,20-21H,1-8H3/b15-9-,16-10-. The number of methoxy groups -OCH3 is 2. The summed E-state index contributed by atoms with van der Waals surface area (Å²) in [7, 11) is 2.89. The van der Waals surface area contributed by atoms with E-state index in [1.807, 2.05) is 27.7 Å². The number of ketones is 2. The van der Waals surface area contributed by atoms with Gasteiger partial charge in [0.25, 0.3) is 5.95 Å². The number of allylic oxidation sites excluding steroid dienone is 5. The first-order chi connectivity index (χ1) is 13.2. The number of rotatable bonds is 6. The van der Waals surface area contributed by atoms with Gasteiger partial charge in [-0.2, -0.15) is 0 Å². The Labute approximate surface area is 166 Å². The molecule has 2 aliphatic heterocycles. The van der Waals surface area contributed by atoms with E-state index in [1.54, 1.807) is 26.0 Å². The van der Waals surface area contributed by atoms with Crippen molar-refractivity contribution in [3.8, 4) is 0 Å². The second kappa shape index (κ2) is 8.50. The van der Waals surface area contributed by atoms with Gasteiger partial charge in [0.15, 0.2) is 23.7 Å². The molecule has 152 valence electrons. The summed E-state index contributed by atoms with van der Waals surface area (Å²) in [5, 5.41) is 0. The zero-order valence-corrected chi connectivity index (χ0v) is 17.8. The number of carbonyl (C=O) groups is 2. The second-order valence-corrected chi connectivity index (χ2v) is 6.72. The van der Waals surface area contributed by atoms with Crippen LogP contribution in [0.25, 0.3) is 0 Å². The van der Waals surface area contributed by atoms with E-state index in [0.29, 0.717) is 0 Å². The Hall–Kier alpha value is -2.76. The quantitative estimate of drug-likeness (QED) is 0.508. The molecular formula is C22H28O6. The van der Waals surface area contributed by atoms with E-state index in [0.717, 1.165) is 27.9 Å². The molecule has 0 aliphatic carbocycles. The van der Waals surface area contributed by atoms with Crippen LogP contribution in [0.5, 0.6) is 0 Å². The smallest absolute Gasteiger partial charge is 0.289 e. The van der Waals surface area contributed by atoms with Crippen LogP contribution < -0.4 is 0 Å². The largest absolute Gasteiger partial charge is 0.493 e. The van der Waals surface area contributed by atoms with Crippen LogP contribution in [0.2, 0.25) is 0 Å². The highest BCUT2D eigenvalue weighted by Crippen LogP contribution is 2.41. The molecule has 0 saturated heterocycles. The Morgan fingerprint density at radius 1 is 0.786 bits per heavy atom. The highest BCUT2D eigenvalue weighted by Gasteiger charge is 2.41. The van der Waals surface area contributed by atoms with E-state index in [2.05, 4.69) is 0 Å². The molecule has 0 radical (unpaired) electrons. The van der Waals surface area contributed by atoms with Gasteiger partial charge >= 0.3 is 0 Å². The molecule has 0 aromatic rings. The predicted octanol–water partition coefficient (Wildman–Crippen LogP) is 3.91. The van der Waals surface area contributed by atoms with Crippen LogP contribution in [-0.2, 0) is 28.5 Å². The lowest BCUT2D eigenvalue weighted by Crippen LogP contribution is -2.37. The second-order valence-electron chi connectivity index (χ2n) is 6.72. The van der Waals surface area contributed by atoms with Crippen molar-refractivity contribution >= 4 is 11.6 Å². The third kappa shape index (κ3) is 3.51. The van der Waals surface area contributed by atoms with E-state index in [9.17, 15) is 9.59 Å². The molecule has 0 bridgehead atoms. The van der Waals surface area contributed by atoms with E-state index in [1.165, 1.54) is 14.2 Å². The highest BCUT2D eigenvalue weighted by atomic mass is 16.7. The topological polar surface area (TPSA) is 71.1 Å². The summed E-state index contributed by atoms with van der Waals surface area (Å²) < 4.78 is 22.2. The van der Waals surface area contributed by atoms with Crippen LogP contribution >= 0.6 is 0 Å². The fourth-order valence-electron chi connectivity index (χ4n) is 3.39. The molecule has 2 unspecified atom stereocenters. The number of hydrogen-bond donors (Lipinski definition) is 0. The van der Waals surface area contributed by atoms with Gasteiger partial charge in [0.1, 0.15) is 0 Å². The monoisotopic (exact) mass is 388 g/mol. The van der Waals surface area contributed by atoms with Gasteiger partial charge in [-0.25, -0.2) is 0 Å². The average Bonchev–Trinajstić information content (AvgIpc) is 2.68. The van der Waals surface area contributed by atoms with Crippen LogP contribution in [0.3, 0.4) is 0 Å². The average molecular weight is 388 g/mol. The summed E-state index contributed by atoms with van der Waals surface area (Å²) in [6.07, 6.45) is 1.46. The summed E-state index contributed by atoms with van der Waals surface area (Å²) in [4.78, 5) is 25.6. The maximum atomic E-state index is 12.8. The summed E-state index contributed by atoms with van der Waals surface area (Å²) >= 11 is 0. The van der Waals surface area contributed by atoms with Crippen molar-refractivity contribution in [2.45, 2.75) is 53.8 Å². The minimum absolute atomic E-state index is 0.181. The van der Waals surface area contributed by atoms with Crippen LogP contribution in [0.4, 0.5) is 0 Å². The zero-order valence-electron chi connectivity index (χ0n) is 17.8. The van der Waals surface area contributed by atoms with Gasteiger partial charge in [-0.05, 0) is 76.0 Å². The van der Waals surface area contributed by atoms with Crippen LogP contribution in [0.1, 0.15) is 41.5 Å². The summed E-state index contributed by atoms with van der Waals surface area (Å²) in [5.74, 6) is 0.0121. The van der Waals surface area contributed by atoms with Crippen molar-refractivity contribution < 1.29 is 28.5 Å². The molecular weight excluding hydrogens is 360 g/mol. The van der Waals surface area contributed by atoms with Crippen molar-refractivity contribution in [3.63, 3.8) is 0 Å². The molecule has 6 nitrogen and oxygen atoms in total. The molecule has 28 heavy (non-hydrogen) atoms. The number of hydrogen-bond acceptors (Lipinski definition) is 6. The van der Waals surface area contributed by atoms with Gasteiger partial charge in [0.05, 0.1) is 19.8 Å². The lowest BCUT2D eigenvalue weighted by Gasteiger charge is -2.35. The molecule has 0 aromatic heterocycles. The predicted molar refractivity (Wildman–Crippen MR) is 105 cm³/mol. The fraction of sp³-hybridized carbons (Fsp3) is 0.455. The Kier molecular flexibility index (Phi) is 6.54. The van der Waals surface area contributed by atoms with Gasteiger partial charge in [0.2, 0.25) is 11.6 Å². The first-order valence-corrected chi connectivity index (χ1v) is 9.15. The molecule has 0 fully saturated rings. The Morgan fingerprint density at radius 2 is 1.14 bits per heavy atom. The fourth-order valence-corrected chi connectivity index (χ4v) is 3.39. The van der Waals surface area contributed by atoms with E-state index >= 15 is 0 Å². The van der Waals surface area contributed by atoms with Crippen molar-refractivity contribution in [3.05, 3.63) is 57.5 Å². The maximum Gasteiger partial charge on any atom is 0.289 e. The molecule has 6 heteroatoms. The Morgan fingerprint density at radius 3 is 1.43 bits per heavy atom. The molecule has 0 saturated carbocycles. The lowest BCUT2D eigenvalue weighted by molar-refractivity contribution is -0.135. The SMILES string of the molecule is C/C=C(\OC)C(=O)C1OC2=C(C(C)=C1C)C(C)=C(C)C(C(=O)/C(=C/C)OC)O2. The zero-order chi connectivity index (χ0) is 21.2. The molecule has 2 aliphatic rings. The van der Waals surface area contributed by atoms with Crippen LogP contribution in [-0.4, -0.2) is 38.0 Å². The van der Waals surface area contributed by atoms with E-state index < -0.39 is 12.2 Å². The van der Waals surface area contributed by atoms with E-state index in [4.69, 9.17) is 18.9 Å². The van der Waals surface area contributed by atoms with Gasteiger partial charge < -0.3 is 18.9 Å². The highest BCUT2D eigenvalue weighted by molar-refractivity contribution is 6.00. The lowest BCUT2D eigenvalue weighted by atomic mass is 9.86. The van der Waals surface area contributed by atoms with Gasteiger partial charge in [-0.1, -0.05) is 0 Å². The first kappa shape index (κ1) is 21.5. The minimum Gasteiger partial charge on any atom is -0.493 e. The maximum absolute atomic E-state index is 12.8. The van der Waals surface area contributed by atoms with Crippen LogP contribution in [0, 0.1) is 0 Å². The van der Waals surface area contributed by atoms with Crippen molar-refractivity contribution in [2.24, 2.45) is 0 Å². The third-order valence-corrected chi connectivity index (χ3v) is 5.30. The number of carbonyl (C=O) groups excluding carboxylic acids is 2. The van der Waals surface area contributed by atoms with Crippen molar-refractivity contribution in [1.29, 1.82) is 0 Å². The van der Waals surface area contributed by atoms with Gasteiger partial charge in [0, 0.05) is 0 Å². The summed E-state index contributed by atoms with van der Waals surface area (Å²) in [6, 6.07) is 0. The van der Waals surface area contributed by atoms with Gasteiger partial charge in [-0.15, -0.1) is 0 Å². The first-order valence-electron chi connectivity index (χ1n) is 9.15. The summed E-state index contributed by atoms with van der Waals surface area (Å²) in [5.41, 5.74) is 4.14. The number of ether oxygens (including phenoxy) is 4. The number of Topliss-reactive ketones (excluding diaryl/α,β-unsaturated/α-hetero) is 2. The molecule has 2 rings (SSSR count). The Bertz CT molecular complexity index is 782. The Balaban J connectivity index is 2.48. The van der Waals surface area contributed by atoms with Crippen molar-refractivity contribution in [1.82, 2.24) is 0 Å². The molecule has 0 amide bonds. The summed E-state index contributed by atoms with van der Waals surface area (Å²) in [6.45, 7) is 11.0. The molecule has 0 aromatic carbocycles. The molecule has 0 spiro atoms. The molecule has 0 N–H and O–H groups in total. The van der Waals surface area contributed by atoms with E-state index in [-0.39, 0.29) is 29.0 Å². The third-order valence-electron chi connectivity index (χ3n) is 5.30. The molecule has 2 heterocycles. The van der Waals surface area contributed by atoms with Crippen LogP contribution in [0.15, 0.2) is 57.5 Å². The minimum atomic E-state index is -0.865. The molecule has 2 atom stereocenters. The van der Waals surface area contributed by atoms with Crippen molar-refractivity contribution in [2.75, 3.05) is 14.2 Å². The normalized spacial score (nSPS) is 23.1.